The number of imidazole rings is 1. The summed E-state index contributed by atoms with van der Waals surface area (Å²) >= 11 is 0. The van der Waals surface area contributed by atoms with E-state index in [2.05, 4.69) is 32.2 Å². The number of hydrogen-bond donors (Lipinski definition) is 2. The summed E-state index contributed by atoms with van der Waals surface area (Å²) in [6.07, 6.45) is 7.26. The minimum Gasteiger partial charge on any atom is -0.480 e. The van der Waals surface area contributed by atoms with Crippen molar-refractivity contribution in [2.45, 2.75) is 6.10 Å². The molecule has 3 aromatic heterocycles. The van der Waals surface area contributed by atoms with Crippen LogP contribution in [0.2, 0.25) is 0 Å². The molecular formula is C22H19N7O. The van der Waals surface area contributed by atoms with Crippen LogP contribution in [0.15, 0.2) is 61.2 Å². The zero-order chi connectivity index (χ0) is 20.2. The molecule has 0 aliphatic carbocycles. The van der Waals surface area contributed by atoms with E-state index < -0.39 is 0 Å². The van der Waals surface area contributed by atoms with Gasteiger partial charge in [-0.1, -0.05) is 12.1 Å². The molecule has 0 saturated carbocycles. The average Bonchev–Trinajstić information content (AvgIpc) is 3.42. The highest BCUT2D eigenvalue weighted by atomic mass is 16.5. The molecule has 8 heteroatoms. The molecular weight excluding hydrogens is 378 g/mol. The molecule has 8 nitrogen and oxygen atoms in total. The molecule has 0 fully saturated rings. The number of nitrogens with one attached hydrogen (secondary N) is 1. The number of rotatable bonds is 2. The lowest BCUT2D eigenvalue weighted by Gasteiger charge is -2.33. The van der Waals surface area contributed by atoms with Crippen molar-refractivity contribution < 1.29 is 4.74 Å². The predicted octanol–water partition coefficient (Wildman–Crippen LogP) is 3.42. The van der Waals surface area contributed by atoms with E-state index in [1.54, 1.807) is 6.20 Å². The van der Waals surface area contributed by atoms with Crippen molar-refractivity contribution >= 4 is 27.9 Å². The molecule has 0 amide bonds. The number of benzene rings is 2. The lowest BCUT2D eigenvalue weighted by molar-refractivity contribution is 0.196. The monoisotopic (exact) mass is 397 g/mol. The predicted molar refractivity (Wildman–Crippen MR) is 116 cm³/mol. The summed E-state index contributed by atoms with van der Waals surface area (Å²) in [5, 5.41) is 8.20. The number of nitrogen functional groups attached to an aromatic ring is 1. The number of ether oxygens (including phenoxy) is 1. The van der Waals surface area contributed by atoms with Crippen LogP contribution in [-0.4, -0.2) is 38.2 Å². The molecule has 0 spiro atoms. The van der Waals surface area contributed by atoms with E-state index in [1.807, 2.05) is 54.3 Å². The third-order valence-corrected chi connectivity index (χ3v) is 5.55. The number of hydrogen-bond acceptors (Lipinski definition) is 6. The maximum atomic E-state index is 6.34. The first-order valence-electron chi connectivity index (χ1n) is 9.70. The summed E-state index contributed by atoms with van der Waals surface area (Å²) in [6, 6.07) is 11.8. The summed E-state index contributed by atoms with van der Waals surface area (Å²) in [7, 11) is 2.03. The lowest BCUT2D eigenvalue weighted by Crippen LogP contribution is -2.33. The summed E-state index contributed by atoms with van der Waals surface area (Å²) in [4.78, 5) is 11.7. The van der Waals surface area contributed by atoms with Crippen LogP contribution in [0.3, 0.4) is 0 Å². The van der Waals surface area contributed by atoms with Gasteiger partial charge in [0.05, 0.1) is 29.6 Å². The highest BCUT2D eigenvalue weighted by molar-refractivity contribution is 5.83. The lowest BCUT2D eigenvalue weighted by atomic mass is 10.1. The van der Waals surface area contributed by atoms with Crippen molar-refractivity contribution in [3.63, 3.8) is 0 Å². The molecule has 5 aromatic rings. The Hall–Kier alpha value is -4.07. The number of aromatic amines is 1. The van der Waals surface area contributed by atoms with Crippen LogP contribution in [0.4, 0.5) is 11.4 Å². The quantitative estimate of drug-likeness (QED) is 0.443. The van der Waals surface area contributed by atoms with Crippen molar-refractivity contribution in [1.82, 2.24) is 24.6 Å². The van der Waals surface area contributed by atoms with Crippen LogP contribution in [0.25, 0.3) is 27.8 Å². The molecule has 1 aliphatic rings. The van der Waals surface area contributed by atoms with Crippen LogP contribution in [0.1, 0.15) is 11.8 Å². The van der Waals surface area contributed by atoms with Gasteiger partial charge in [0.2, 0.25) is 0 Å². The number of fused-ring (bicyclic) bond motifs is 3. The third-order valence-electron chi connectivity index (χ3n) is 5.55. The minimum atomic E-state index is -0.258. The van der Waals surface area contributed by atoms with Gasteiger partial charge in [0.25, 0.3) is 0 Å². The Balaban J connectivity index is 1.48. The highest BCUT2D eigenvalue weighted by Gasteiger charge is 2.29. The van der Waals surface area contributed by atoms with Crippen LogP contribution in [-0.2, 0) is 0 Å². The molecule has 1 atom stereocenters. The molecule has 148 valence electrons. The van der Waals surface area contributed by atoms with Gasteiger partial charge < -0.3 is 19.8 Å². The second kappa shape index (κ2) is 6.21. The molecule has 30 heavy (non-hydrogen) atoms. The van der Waals surface area contributed by atoms with Gasteiger partial charge in [-0.05, 0) is 24.3 Å². The fourth-order valence-corrected chi connectivity index (χ4v) is 4.02. The zero-order valence-corrected chi connectivity index (χ0v) is 16.3. The summed E-state index contributed by atoms with van der Waals surface area (Å²) in [6.45, 7) is 0.648. The van der Waals surface area contributed by atoms with Crippen molar-refractivity contribution in [3.05, 3.63) is 66.9 Å². The van der Waals surface area contributed by atoms with E-state index in [1.165, 1.54) is 0 Å². The molecule has 0 radical (unpaired) electrons. The Morgan fingerprint density at radius 1 is 1.20 bits per heavy atom. The molecule has 0 saturated heterocycles. The minimum absolute atomic E-state index is 0.258. The smallest absolute Gasteiger partial charge is 0.162 e. The Morgan fingerprint density at radius 2 is 2.13 bits per heavy atom. The topological polar surface area (TPSA) is 97.4 Å². The fraction of sp³-hybridized carbons (Fsp3) is 0.136. The number of anilines is 2. The second-order valence-corrected chi connectivity index (χ2v) is 7.56. The molecule has 3 N–H and O–H groups in total. The first-order valence-corrected chi connectivity index (χ1v) is 9.70. The number of nitrogens with zero attached hydrogens (tertiary/aromatic N) is 5. The van der Waals surface area contributed by atoms with Crippen molar-refractivity contribution in [2.75, 3.05) is 24.2 Å². The van der Waals surface area contributed by atoms with E-state index in [-0.39, 0.29) is 6.10 Å². The van der Waals surface area contributed by atoms with Gasteiger partial charge in [-0.2, -0.15) is 5.10 Å². The van der Waals surface area contributed by atoms with Crippen molar-refractivity contribution in [1.29, 1.82) is 0 Å². The number of aromatic nitrogens is 5. The molecule has 1 aliphatic heterocycles. The number of H-pyrrole nitrogens is 1. The summed E-state index contributed by atoms with van der Waals surface area (Å²) in [5.41, 5.74) is 12.1. The van der Waals surface area contributed by atoms with Crippen LogP contribution >= 0.6 is 0 Å². The second-order valence-electron chi connectivity index (χ2n) is 7.56. The molecule has 4 heterocycles. The standard InChI is InChI=1S/C22H19N7O/c1-28-12-20(30-19-5-4-15(23)9-18(19)28)21-22-24-6-7-29(22)11-17(26-21)13-2-3-14-10-25-27-16(14)8-13/h2-11,20H,12,23H2,1H3,(H,25,27). The summed E-state index contributed by atoms with van der Waals surface area (Å²) in [5.74, 6) is 0.790. The van der Waals surface area contributed by atoms with Gasteiger partial charge in [0.15, 0.2) is 11.8 Å². The van der Waals surface area contributed by atoms with E-state index in [4.69, 9.17) is 15.5 Å². The van der Waals surface area contributed by atoms with Crippen LogP contribution in [0.5, 0.6) is 5.75 Å². The molecule has 2 aromatic carbocycles. The Kier molecular flexibility index (Phi) is 3.49. The average molecular weight is 397 g/mol. The third kappa shape index (κ3) is 2.57. The molecule has 0 bridgehead atoms. The van der Waals surface area contributed by atoms with Gasteiger partial charge in [0.1, 0.15) is 11.4 Å². The van der Waals surface area contributed by atoms with E-state index in [0.717, 1.165) is 44.9 Å². The fourth-order valence-electron chi connectivity index (χ4n) is 4.02. The number of likely N-dealkylation sites (N-methyl/N-ethyl adjacent to an activating group) is 1. The normalized spacial score (nSPS) is 16.0. The maximum Gasteiger partial charge on any atom is 0.162 e. The highest BCUT2D eigenvalue weighted by Crippen LogP contribution is 2.39. The molecule has 1 unspecified atom stereocenters. The van der Waals surface area contributed by atoms with Gasteiger partial charge in [-0.15, -0.1) is 0 Å². The maximum absolute atomic E-state index is 6.34. The first kappa shape index (κ1) is 16.8. The zero-order valence-electron chi connectivity index (χ0n) is 16.3. The largest absolute Gasteiger partial charge is 0.480 e. The SMILES string of the molecule is CN1CC(c2nc(-c3ccc4cn[nH]c4c3)cn3ccnc23)Oc2ccc(N)cc21. The number of nitrogens with two attached hydrogens (primary N) is 1. The Labute approximate surface area is 171 Å². The van der Waals surface area contributed by atoms with Crippen molar-refractivity contribution in [2.24, 2.45) is 0 Å². The van der Waals surface area contributed by atoms with Gasteiger partial charge in [0, 0.05) is 42.3 Å². The van der Waals surface area contributed by atoms with Crippen molar-refractivity contribution in [3.8, 4) is 17.0 Å². The van der Waals surface area contributed by atoms with Crippen LogP contribution in [0, 0.1) is 0 Å². The van der Waals surface area contributed by atoms with E-state index in [0.29, 0.717) is 12.2 Å². The molecule has 6 rings (SSSR count). The van der Waals surface area contributed by atoms with Gasteiger partial charge in [-0.3, -0.25) is 5.10 Å². The van der Waals surface area contributed by atoms with Gasteiger partial charge >= 0.3 is 0 Å². The van der Waals surface area contributed by atoms with E-state index >= 15 is 0 Å². The first-order chi connectivity index (χ1) is 14.7. The Morgan fingerprint density at radius 3 is 3.07 bits per heavy atom. The Bertz CT molecular complexity index is 1400. The van der Waals surface area contributed by atoms with Crippen LogP contribution < -0.4 is 15.4 Å². The van der Waals surface area contributed by atoms with E-state index in [9.17, 15) is 0 Å². The summed E-state index contributed by atoms with van der Waals surface area (Å²) < 4.78 is 8.34. The van der Waals surface area contributed by atoms with Gasteiger partial charge in [-0.25, -0.2) is 9.97 Å².